The number of carbonyl (C=O) groups is 1. The number of nitriles is 1. The second kappa shape index (κ2) is 4.23. The van der Waals surface area contributed by atoms with Gasteiger partial charge in [-0.15, -0.1) is 0 Å². The largest absolute Gasteiger partial charge is 0.467 e. The first-order chi connectivity index (χ1) is 7.77. The van der Waals surface area contributed by atoms with Gasteiger partial charge >= 0.3 is 5.97 Å². The lowest BCUT2D eigenvalue weighted by molar-refractivity contribution is -0.142. The Labute approximate surface area is 94.0 Å². The standard InChI is InChI=1S/C12H12N2O2/c1-16-12(15)11-8-9-4-2-3-5-10(9)14(11)7-6-13/h2-5,11H,7-8H2,1H3. The van der Waals surface area contributed by atoms with E-state index in [0.717, 1.165) is 11.3 Å². The van der Waals surface area contributed by atoms with Crippen molar-refractivity contribution in [2.24, 2.45) is 0 Å². The predicted octanol–water partition coefficient (Wildman–Crippen LogP) is 1.11. The summed E-state index contributed by atoms with van der Waals surface area (Å²) in [5, 5.41) is 8.78. The van der Waals surface area contributed by atoms with Gasteiger partial charge in [-0.2, -0.15) is 5.26 Å². The number of ether oxygens (including phenoxy) is 1. The molecule has 0 bridgehead atoms. The molecule has 0 saturated carbocycles. The summed E-state index contributed by atoms with van der Waals surface area (Å²) in [6.07, 6.45) is 0.616. The van der Waals surface area contributed by atoms with Crippen molar-refractivity contribution in [3.05, 3.63) is 29.8 Å². The summed E-state index contributed by atoms with van der Waals surface area (Å²) in [5.41, 5.74) is 2.05. The molecule has 1 aromatic carbocycles. The van der Waals surface area contributed by atoms with Crippen LogP contribution in [0.15, 0.2) is 24.3 Å². The summed E-state index contributed by atoms with van der Waals surface area (Å²) < 4.78 is 4.75. The zero-order valence-electron chi connectivity index (χ0n) is 9.01. The molecule has 82 valence electrons. The van der Waals surface area contributed by atoms with Gasteiger partial charge in [0.1, 0.15) is 12.6 Å². The lowest BCUT2D eigenvalue weighted by atomic mass is 10.1. The number of fused-ring (bicyclic) bond motifs is 1. The van der Waals surface area contributed by atoms with E-state index < -0.39 is 0 Å². The first-order valence-electron chi connectivity index (χ1n) is 5.07. The summed E-state index contributed by atoms with van der Waals surface area (Å²) in [6.45, 7) is 0.205. The minimum atomic E-state index is -0.359. The number of benzene rings is 1. The Balaban J connectivity index is 2.34. The van der Waals surface area contributed by atoms with E-state index in [2.05, 4.69) is 6.07 Å². The average Bonchev–Trinajstić information content (AvgIpc) is 2.68. The molecule has 0 N–H and O–H groups in total. The molecule has 0 amide bonds. The van der Waals surface area contributed by atoms with Crippen LogP contribution in [0, 0.1) is 11.3 Å². The monoisotopic (exact) mass is 216 g/mol. The number of rotatable bonds is 2. The highest BCUT2D eigenvalue weighted by Gasteiger charge is 2.34. The molecule has 0 aliphatic carbocycles. The highest BCUT2D eigenvalue weighted by Crippen LogP contribution is 2.31. The maximum atomic E-state index is 11.6. The molecular weight excluding hydrogens is 204 g/mol. The molecule has 0 fully saturated rings. The Morgan fingerprint density at radius 3 is 3.06 bits per heavy atom. The van der Waals surface area contributed by atoms with E-state index in [1.165, 1.54) is 7.11 Å². The molecule has 1 atom stereocenters. The van der Waals surface area contributed by atoms with E-state index in [0.29, 0.717) is 6.42 Å². The van der Waals surface area contributed by atoms with E-state index in [1.807, 2.05) is 24.3 Å². The minimum Gasteiger partial charge on any atom is -0.467 e. The second-order valence-electron chi connectivity index (χ2n) is 3.66. The molecule has 0 saturated heterocycles. The summed E-state index contributed by atoms with van der Waals surface area (Å²) in [6, 6.07) is 9.46. The zero-order chi connectivity index (χ0) is 11.5. The number of anilines is 1. The van der Waals surface area contributed by atoms with Crippen LogP contribution in [-0.4, -0.2) is 25.7 Å². The molecule has 0 aromatic heterocycles. The second-order valence-corrected chi connectivity index (χ2v) is 3.66. The van der Waals surface area contributed by atoms with Crippen molar-refractivity contribution in [2.75, 3.05) is 18.6 Å². The molecule has 2 rings (SSSR count). The van der Waals surface area contributed by atoms with Crippen LogP contribution in [0.1, 0.15) is 5.56 Å². The summed E-state index contributed by atoms with van der Waals surface area (Å²) in [7, 11) is 1.37. The minimum absolute atomic E-state index is 0.205. The van der Waals surface area contributed by atoms with Crippen LogP contribution in [0.4, 0.5) is 5.69 Å². The Kier molecular flexibility index (Phi) is 2.78. The van der Waals surface area contributed by atoms with Crippen LogP contribution >= 0.6 is 0 Å². The molecule has 1 aliphatic heterocycles. The van der Waals surface area contributed by atoms with E-state index in [-0.39, 0.29) is 18.6 Å². The van der Waals surface area contributed by atoms with E-state index in [4.69, 9.17) is 10.00 Å². The van der Waals surface area contributed by atoms with Gasteiger partial charge in [0.25, 0.3) is 0 Å². The molecule has 1 unspecified atom stereocenters. The smallest absolute Gasteiger partial charge is 0.328 e. The normalized spacial score (nSPS) is 17.8. The fourth-order valence-electron chi connectivity index (χ4n) is 2.07. The third-order valence-electron chi connectivity index (χ3n) is 2.80. The Morgan fingerprint density at radius 1 is 1.62 bits per heavy atom. The van der Waals surface area contributed by atoms with Gasteiger partial charge in [0.2, 0.25) is 0 Å². The number of hydrogen-bond donors (Lipinski definition) is 0. The van der Waals surface area contributed by atoms with Gasteiger partial charge in [-0.1, -0.05) is 18.2 Å². The van der Waals surface area contributed by atoms with Gasteiger partial charge in [0, 0.05) is 12.1 Å². The zero-order valence-corrected chi connectivity index (χ0v) is 9.01. The van der Waals surface area contributed by atoms with Crippen molar-refractivity contribution in [3.63, 3.8) is 0 Å². The molecule has 1 aliphatic rings. The van der Waals surface area contributed by atoms with Crippen LogP contribution in [-0.2, 0) is 16.0 Å². The maximum absolute atomic E-state index is 11.6. The van der Waals surface area contributed by atoms with Crippen LogP contribution in [0.5, 0.6) is 0 Å². The maximum Gasteiger partial charge on any atom is 0.328 e. The number of methoxy groups -OCH3 is 1. The molecule has 1 heterocycles. The lowest BCUT2D eigenvalue weighted by Gasteiger charge is -2.22. The third-order valence-corrected chi connectivity index (χ3v) is 2.80. The molecule has 4 nitrogen and oxygen atoms in total. The highest BCUT2D eigenvalue weighted by molar-refractivity contribution is 5.84. The van der Waals surface area contributed by atoms with Crippen molar-refractivity contribution < 1.29 is 9.53 Å². The first-order valence-corrected chi connectivity index (χ1v) is 5.07. The molecule has 4 heteroatoms. The lowest BCUT2D eigenvalue weighted by Crippen LogP contribution is -2.39. The van der Waals surface area contributed by atoms with Crippen LogP contribution in [0.25, 0.3) is 0 Å². The number of para-hydroxylation sites is 1. The van der Waals surface area contributed by atoms with E-state index in [9.17, 15) is 4.79 Å². The van der Waals surface area contributed by atoms with Crippen LogP contribution in [0.2, 0.25) is 0 Å². The van der Waals surface area contributed by atoms with E-state index >= 15 is 0 Å². The third kappa shape index (κ3) is 1.61. The number of nitrogens with zero attached hydrogens (tertiary/aromatic N) is 2. The molecule has 0 radical (unpaired) electrons. The first kappa shape index (κ1) is 10.5. The molecule has 16 heavy (non-hydrogen) atoms. The Bertz CT molecular complexity index is 451. The van der Waals surface area contributed by atoms with Crippen molar-refractivity contribution in [1.82, 2.24) is 0 Å². The van der Waals surface area contributed by atoms with Crippen molar-refractivity contribution in [2.45, 2.75) is 12.5 Å². The highest BCUT2D eigenvalue weighted by atomic mass is 16.5. The van der Waals surface area contributed by atoms with Gasteiger partial charge in [-0.25, -0.2) is 4.79 Å². The summed E-state index contributed by atoms with van der Waals surface area (Å²) in [4.78, 5) is 13.4. The Hall–Kier alpha value is -2.02. The summed E-state index contributed by atoms with van der Waals surface area (Å²) in [5.74, 6) is -0.286. The Morgan fingerprint density at radius 2 is 2.38 bits per heavy atom. The number of hydrogen-bond acceptors (Lipinski definition) is 4. The number of esters is 1. The van der Waals surface area contributed by atoms with Crippen molar-refractivity contribution in [1.29, 1.82) is 5.26 Å². The van der Waals surface area contributed by atoms with Crippen molar-refractivity contribution >= 4 is 11.7 Å². The SMILES string of the molecule is COC(=O)C1Cc2ccccc2N1CC#N. The van der Waals surface area contributed by atoms with Gasteiger partial charge < -0.3 is 9.64 Å². The van der Waals surface area contributed by atoms with Gasteiger partial charge in [0.15, 0.2) is 0 Å². The number of carbonyl (C=O) groups excluding carboxylic acids is 1. The molecule has 0 spiro atoms. The summed E-state index contributed by atoms with van der Waals surface area (Å²) >= 11 is 0. The predicted molar refractivity (Wildman–Crippen MR) is 58.9 cm³/mol. The van der Waals surface area contributed by atoms with Crippen LogP contribution in [0.3, 0.4) is 0 Å². The topological polar surface area (TPSA) is 53.3 Å². The van der Waals surface area contributed by atoms with Gasteiger partial charge in [-0.05, 0) is 11.6 Å². The van der Waals surface area contributed by atoms with Gasteiger partial charge in [-0.3, -0.25) is 0 Å². The average molecular weight is 216 g/mol. The quantitative estimate of drug-likeness (QED) is 0.549. The fourth-order valence-corrected chi connectivity index (χ4v) is 2.07. The van der Waals surface area contributed by atoms with Gasteiger partial charge in [0.05, 0.1) is 13.2 Å². The van der Waals surface area contributed by atoms with Crippen LogP contribution < -0.4 is 4.90 Å². The molecular formula is C12H12N2O2. The van der Waals surface area contributed by atoms with E-state index in [1.54, 1.807) is 4.90 Å². The fraction of sp³-hybridized carbons (Fsp3) is 0.333. The van der Waals surface area contributed by atoms with Crippen molar-refractivity contribution in [3.8, 4) is 6.07 Å². The molecule has 1 aromatic rings.